The molecule has 2 aliphatic rings. The molecule has 2 aromatic rings. The van der Waals surface area contributed by atoms with Crippen molar-refractivity contribution in [1.29, 1.82) is 0 Å². The largest absolute Gasteiger partial charge is 0.493 e. The molecule has 132 valence electrons. The Morgan fingerprint density at radius 3 is 2.52 bits per heavy atom. The number of hydrogen-bond acceptors (Lipinski definition) is 2. The maximum Gasteiger partial charge on any atom is 0.123 e. The van der Waals surface area contributed by atoms with Crippen LogP contribution in [0.25, 0.3) is 0 Å². The minimum Gasteiger partial charge on any atom is -0.493 e. The molecule has 0 aliphatic carbocycles. The quantitative estimate of drug-likeness (QED) is 0.750. The summed E-state index contributed by atoms with van der Waals surface area (Å²) in [7, 11) is 2.23. The highest BCUT2D eigenvalue weighted by Gasteiger charge is 2.46. The van der Waals surface area contributed by atoms with E-state index in [1.165, 1.54) is 18.4 Å². The first-order chi connectivity index (χ1) is 12.1. The Kier molecular flexibility index (Phi) is 4.70. The molecule has 0 unspecified atom stereocenters. The van der Waals surface area contributed by atoms with E-state index in [0.717, 1.165) is 12.2 Å². The lowest BCUT2D eigenvalue weighted by molar-refractivity contribution is 0.0665. The van der Waals surface area contributed by atoms with Gasteiger partial charge in [0.1, 0.15) is 11.6 Å². The molecule has 2 heterocycles. The summed E-state index contributed by atoms with van der Waals surface area (Å²) < 4.78 is 19.5. The van der Waals surface area contributed by atoms with Gasteiger partial charge in [0, 0.05) is 23.0 Å². The maximum atomic E-state index is 13.3. The molecule has 2 saturated heterocycles. The van der Waals surface area contributed by atoms with Gasteiger partial charge in [-0.3, -0.25) is 0 Å². The molecule has 0 radical (unpaired) electrons. The van der Waals surface area contributed by atoms with E-state index in [4.69, 9.17) is 16.3 Å². The van der Waals surface area contributed by atoms with Crippen molar-refractivity contribution in [3.8, 4) is 5.75 Å². The van der Waals surface area contributed by atoms with Crippen molar-refractivity contribution in [3.05, 3.63) is 64.9 Å². The van der Waals surface area contributed by atoms with Crippen LogP contribution < -0.4 is 4.74 Å². The molecule has 0 saturated carbocycles. The topological polar surface area (TPSA) is 12.5 Å². The van der Waals surface area contributed by atoms with Gasteiger partial charge in [0.25, 0.3) is 0 Å². The standard InChI is InChI=1S/C21H23ClFNO/c1-24-17-8-11-21(24)20(13-25-18-9-4-15(22)5-10-18)19(12-17)14-2-6-16(23)7-3-14/h2-7,9-10,17,19-21H,8,11-13H2,1H3/t17-,19+,20+,21-/m1/s1. The molecule has 0 amide bonds. The van der Waals surface area contributed by atoms with Crippen LogP contribution in [0.3, 0.4) is 0 Å². The van der Waals surface area contributed by atoms with Crippen molar-refractivity contribution >= 4 is 11.6 Å². The number of hydrogen-bond donors (Lipinski definition) is 0. The fraction of sp³-hybridized carbons (Fsp3) is 0.429. The van der Waals surface area contributed by atoms with Gasteiger partial charge in [-0.15, -0.1) is 0 Å². The Balaban J connectivity index is 1.56. The van der Waals surface area contributed by atoms with Crippen molar-refractivity contribution in [2.75, 3.05) is 13.7 Å². The lowest BCUT2D eigenvalue weighted by Crippen LogP contribution is -2.47. The van der Waals surface area contributed by atoms with E-state index in [2.05, 4.69) is 11.9 Å². The van der Waals surface area contributed by atoms with Crippen LogP contribution in [0.2, 0.25) is 5.02 Å². The van der Waals surface area contributed by atoms with E-state index < -0.39 is 0 Å². The Hall–Kier alpha value is -1.58. The number of ether oxygens (including phenoxy) is 1. The van der Waals surface area contributed by atoms with Crippen LogP contribution in [0.15, 0.2) is 48.5 Å². The predicted molar refractivity (Wildman–Crippen MR) is 98.8 cm³/mol. The maximum absolute atomic E-state index is 13.3. The van der Waals surface area contributed by atoms with E-state index in [9.17, 15) is 4.39 Å². The summed E-state index contributed by atoms with van der Waals surface area (Å²) in [6.07, 6.45) is 3.58. The molecular formula is C21H23ClFNO. The van der Waals surface area contributed by atoms with Crippen LogP contribution in [0.1, 0.15) is 30.7 Å². The zero-order valence-electron chi connectivity index (χ0n) is 14.4. The summed E-state index contributed by atoms with van der Waals surface area (Å²) in [5.74, 6) is 1.50. The Morgan fingerprint density at radius 2 is 1.80 bits per heavy atom. The number of piperidine rings is 1. The smallest absolute Gasteiger partial charge is 0.123 e. The molecule has 0 aromatic heterocycles. The van der Waals surface area contributed by atoms with Gasteiger partial charge >= 0.3 is 0 Å². The van der Waals surface area contributed by atoms with Crippen molar-refractivity contribution in [2.24, 2.45) is 5.92 Å². The van der Waals surface area contributed by atoms with Gasteiger partial charge < -0.3 is 9.64 Å². The average molecular weight is 360 g/mol. The van der Waals surface area contributed by atoms with Gasteiger partial charge in [-0.2, -0.15) is 0 Å². The van der Waals surface area contributed by atoms with Gasteiger partial charge in [-0.05, 0) is 74.2 Å². The lowest BCUT2D eigenvalue weighted by Gasteiger charge is -2.43. The van der Waals surface area contributed by atoms with E-state index in [0.29, 0.717) is 35.5 Å². The van der Waals surface area contributed by atoms with E-state index in [-0.39, 0.29) is 5.82 Å². The second-order valence-electron chi connectivity index (χ2n) is 7.29. The van der Waals surface area contributed by atoms with E-state index in [1.807, 2.05) is 36.4 Å². The van der Waals surface area contributed by atoms with Crippen LogP contribution in [-0.4, -0.2) is 30.6 Å². The number of halogens is 2. The van der Waals surface area contributed by atoms with Gasteiger partial charge in [0.05, 0.1) is 6.61 Å². The number of rotatable bonds is 4. The minimum absolute atomic E-state index is 0.173. The highest BCUT2D eigenvalue weighted by atomic mass is 35.5. The normalized spacial score (nSPS) is 28.9. The van der Waals surface area contributed by atoms with Crippen LogP contribution in [0.5, 0.6) is 5.75 Å². The van der Waals surface area contributed by atoms with E-state index >= 15 is 0 Å². The number of nitrogens with zero attached hydrogens (tertiary/aromatic N) is 1. The monoisotopic (exact) mass is 359 g/mol. The van der Waals surface area contributed by atoms with Gasteiger partial charge in [-0.1, -0.05) is 23.7 Å². The molecule has 25 heavy (non-hydrogen) atoms. The summed E-state index contributed by atoms with van der Waals surface area (Å²) in [5.41, 5.74) is 1.23. The first kappa shape index (κ1) is 16.9. The first-order valence-corrected chi connectivity index (χ1v) is 9.35. The fourth-order valence-corrected chi connectivity index (χ4v) is 4.75. The second kappa shape index (κ2) is 6.97. The highest BCUT2D eigenvalue weighted by molar-refractivity contribution is 6.30. The zero-order chi connectivity index (χ0) is 17.4. The summed E-state index contributed by atoms with van der Waals surface area (Å²) in [4.78, 5) is 2.52. The molecule has 0 N–H and O–H groups in total. The third kappa shape index (κ3) is 3.40. The summed E-state index contributed by atoms with van der Waals surface area (Å²) in [5, 5.41) is 0.715. The van der Waals surface area contributed by atoms with Crippen LogP contribution in [0.4, 0.5) is 4.39 Å². The average Bonchev–Trinajstić information content (AvgIpc) is 2.86. The molecule has 2 fully saturated rings. The lowest BCUT2D eigenvalue weighted by atomic mass is 9.76. The van der Waals surface area contributed by atoms with Crippen molar-refractivity contribution in [3.63, 3.8) is 0 Å². The minimum atomic E-state index is -0.173. The molecular weight excluding hydrogens is 337 g/mol. The molecule has 4 atom stereocenters. The molecule has 0 spiro atoms. The van der Waals surface area contributed by atoms with Crippen LogP contribution in [-0.2, 0) is 0 Å². The number of benzene rings is 2. The molecule has 4 rings (SSSR count). The Bertz CT molecular complexity index is 718. The molecule has 2 nitrogen and oxygen atoms in total. The predicted octanol–water partition coefficient (Wildman–Crippen LogP) is 5.12. The van der Waals surface area contributed by atoms with E-state index in [1.54, 1.807) is 12.1 Å². The highest BCUT2D eigenvalue weighted by Crippen LogP contribution is 2.46. The van der Waals surface area contributed by atoms with Crippen molar-refractivity contribution < 1.29 is 9.13 Å². The molecule has 2 aliphatic heterocycles. The number of fused-ring (bicyclic) bond motifs is 2. The summed E-state index contributed by atoms with van der Waals surface area (Å²) in [6, 6.07) is 15.7. The van der Waals surface area contributed by atoms with Gasteiger partial charge in [-0.25, -0.2) is 4.39 Å². The molecule has 2 bridgehead atoms. The fourth-order valence-electron chi connectivity index (χ4n) is 4.62. The SMILES string of the molecule is CN1[C@@H]2CC[C@@H]1[C@@H](COc1ccc(Cl)cc1)[C@H](c1ccc(F)cc1)C2. The summed E-state index contributed by atoms with van der Waals surface area (Å²) >= 11 is 5.95. The van der Waals surface area contributed by atoms with Gasteiger partial charge in [0.2, 0.25) is 0 Å². The molecule has 4 heteroatoms. The third-order valence-electron chi connectivity index (χ3n) is 5.99. The van der Waals surface area contributed by atoms with Crippen LogP contribution in [0, 0.1) is 11.7 Å². The van der Waals surface area contributed by atoms with Gasteiger partial charge in [0.15, 0.2) is 0 Å². The zero-order valence-corrected chi connectivity index (χ0v) is 15.1. The van der Waals surface area contributed by atoms with Crippen molar-refractivity contribution in [2.45, 2.75) is 37.3 Å². The Morgan fingerprint density at radius 1 is 1.08 bits per heavy atom. The van der Waals surface area contributed by atoms with Crippen molar-refractivity contribution in [1.82, 2.24) is 4.90 Å². The molecule has 2 aromatic carbocycles. The van der Waals surface area contributed by atoms with Crippen LogP contribution >= 0.6 is 11.6 Å². The Labute approximate surface area is 153 Å². The summed E-state index contributed by atoms with van der Waals surface area (Å²) in [6.45, 7) is 0.672. The third-order valence-corrected chi connectivity index (χ3v) is 6.24. The first-order valence-electron chi connectivity index (χ1n) is 8.97. The second-order valence-corrected chi connectivity index (χ2v) is 7.72.